The molecule has 1 heterocycles. The van der Waals surface area contributed by atoms with Crippen molar-refractivity contribution in [3.05, 3.63) is 18.5 Å². The summed E-state index contributed by atoms with van der Waals surface area (Å²) in [5, 5.41) is 3.05. The van der Waals surface area contributed by atoms with Crippen molar-refractivity contribution < 1.29 is 8.42 Å². The molecule has 1 aliphatic carbocycles. The summed E-state index contributed by atoms with van der Waals surface area (Å²) in [6.07, 6.45) is 5.43. The Morgan fingerprint density at radius 3 is 2.76 bits per heavy atom. The minimum atomic E-state index is -3.52. The van der Waals surface area contributed by atoms with Gasteiger partial charge in [-0.1, -0.05) is 6.92 Å². The molecule has 0 spiro atoms. The van der Waals surface area contributed by atoms with Gasteiger partial charge in [0.1, 0.15) is 4.90 Å². The molecule has 0 aromatic carbocycles. The lowest BCUT2D eigenvalue weighted by atomic mass is 10.4. The fourth-order valence-corrected chi connectivity index (χ4v) is 3.52. The maximum absolute atomic E-state index is 12.4. The highest BCUT2D eigenvalue weighted by Crippen LogP contribution is 2.26. The second kappa shape index (κ2) is 7.20. The molecule has 1 saturated carbocycles. The monoisotopic (exact) mass is 312 g/mol. The highest BCUT2D eigenvalue weighted by molar-refractivity contribution is 7.89. The van der Waals surface area contributed by atoms with Gasteiger partial charge in [0.05, 0.1) is 5.69 Å². The molecule has 0 saturated heterocycles. The van der Waals surface area contributed by atoms with E-state index in [-0.39, 0.29) is 4.90 Å². The Morgan fingerprint density at radius 1 is 1.38 bits per heavy atom. The molecule has 1 aromatic rings. The Kier molecular flexibility index (Phi) is 5.55. The van der Waals surface area contributed by atoms with Gasteiger partial charge in [-0.05, 0) is 32.4 Å². The van der Waals surface area contributed by atoms with Crippen LogP contribution in [0.4, 0.5) is 5.69 Å². The molecule has 2 rings (SSSR count). The Labute approximate surface area is 127 Å². The van der Waals surface area contributed by atoms with Crippen LogP contribution in [0.5, 0.6) is 0 Å². The molecule has 7 heteroatoms. The van der Waals surface area contributed by atoms with Crippen LogP contribution in [-0.2, 0) is 10.0 Å². The lowest BCUT2D eigenvalue weighted by Gasteiger charge is -2.20. The van der Waals surface area contributed by atoms with E-state index in [1.165, 1.54) is 19.0 Å². The molecule has 6 nitrogen and oxygen atoms in total. The van der Waals surface area contributed by atoms with Crippen LogP contribution in [0.3, 0.4) is 0 Å². The largest absolute Gasteiger partial charge is 0.384 e. The molecule has 0 aliphatic heterocycles. The van der Waals surface area contributed by atoms with Gasteiger partial charge in [-0.15, -0.1) is 0 Å². The van der Waals surface area contributed by atoms with Crippen molar-refractivity contribution in [2.75, 3.05) is 31.5 Å². The standard InChI is InChI=1S/C14H24N4O2S/c1-3-16-13-7-8-15-11-14(13)21(19,20)17-9-10-18(4-2)12-5-6-12/h7-8,11-12,17H,3-6,9-10H2,1-2H3,(H,15,16). The van der Waals surface area contributed by atoms with E-state index < -0.39 is 10.0 Å². The van der Waals surface area contributed by atoms with Crippen LogP contribution in [0, 0.1) is 0 Å². The van der Waals surface area contributed by atoms with Gasteiger partial charge in [-0.3, -0.25) is 9.88 Å². The smallest absolute Gasteiger partial charge is 0.244 e. The van der Waals surface area contributed by atoms with Gasteiger partial charge in [-0.25, -0.2) is 13.1 Å². The van der Waals surface area contributed by atoms with E-state index >= 15 is 0 Å². The molecule has 2 N–H and O–H groups in total. The first kappa shape index (κ1) is 16.2. The molecule has 0 radical (unpaired) electrons. The van der Waals surface area contributed by atoms with E-state index in [0.717, 1.165) is 13.1 Å². The van der Waals surface area contributed by atoms with Crippen LogP contribution in [0.15, 0.2) is 23.4 Å². The number of anilines is 1. The zero-order chi connectivity index (χ0) is 15.3. The number of hydrogen-bond donors (Lipinski definition) is 2. The Bertz CT molecular complexity index is 558. The average molecular weight is 312 g/mol. The van der Waals surface area contributed by atoms with Gasteiger partial charge >= 0.3 is 0 Å². The maximum atomic E-state index is 12.4. The molecule has 1 fully saturated rings. The van der Waals surface area contributed by atoms with Crippen molar-refractivity contribution in [1.29, 1.82) is 0 Å². The van der Waals surface area contributed by atoms with E-state index in [1.807, 2.05) is 6.92 Å². The number of rotatable bonds is 9. The second-order valence-electron chi connectivity index (χ2n) is 5.16. The van der Waals surface area contributed by atoms with Crippen LogP contribution in [0.1, 0.15) is 26.7 Å². The Morgan fingerprint density at radius 2 is 2.14 bits per heavy atom. The van der Waals surface area contributed by atoms with Gasteiger partial charge < -0.3 is 5.32 Å². The normalized spacial score (nSPS) is 15.4. The molecule has 0 atom stereocenters. The predicted octanol–water partition coefficient (Wildman–Crippen LogP) is 1.28. The Balaban J connectivity index is 1.97. The van der Waals surface area contributed by atoms with Crippen molar-refractivity contribution in [3.8, 4) is 0 Å². The van der Waals surface area contributed by atoms with Gasteiger partial charge in [0, 0.05) is 38.1 Å². The topological polar surface area (TPSA) is 74.3 Å². The average Bonchev–Trinajstić information content (AvgIpc) is 3.29. The Hall–Kier alpha value is -1.18. The van der Waals surface area contributed by atoms with Gasteiger partial charge in [0.2, 0.25) is 10.0 Å². The molecule has 0 bridgehead atoms. The summed E-state index contributed by atoms with van der Waals surface area (Å²) < 4.78 is 27.4. The first-order valence-electron chi connectivity index (χ1n) is 7.50. The van der Waals surface area contributed by atoms with Crippen LogP contribution >= 0.6 is 0 Å². The van der Waals surface area contributed by atoms with Gasteiger partial charge in [0.25, 0.3) is 0 Å². The van der Waals surface area contributed by atoms with Crippen molar-refractivity contribution in [3.63, 3.8) is 0 Å². The third-order valence-corrected chi connectivity index (χ3v) is 5.09. The number of aromatic nitrogens is 1. The van der Waals surface area contributed by atoms with Gasteiger partial charge in [0.15, 0.2) is 0 Å². The zero-order valence-corrected chi connectivity index (χ0v) is 13.5. The minimum Gasteiger partial charge on any atom is -0.384 e. The summed E-state index contributed by atoms with van der Waals surface area (Å²) in [5.74, 6) is 0. The van der Waals surface area contributed by atoms with Crippen LogP contribution in [-0.4, -0.2) is 50.5 Å². The SMILES string of the molecule is CCNc1ccncc1S(=O)(=O)NCCN(CC)C1CC1. The summed E-state index contributed by atoms with van der Waals surface area (Å²) in [7, 11) is -3.52. The molecule has 118 valence electrons. The maximum Gasteiger partial charge on any atom is 0.244 e. The van der Waals surface area contributed by atoms with E-state index in [9.17, 15) is 8.42 Å². The fourth-order valence-electron chi connectivity index (χ4n) is 2.37. The number of sulfonamides is 1. The minimum absolute atomic E-state index is 0.210. The first-order valence-corrected chi connectivity index (χ1v) is 8.98. The molecule has 1 aliphatic rings. The van der Waals surface area contributed by atoms with Crippen molar-refractivity contribution in [2.45, 2.75) is 37.6 Å². The molecule has 0 amide bonds. The highest BCUT2D eigenvalue weighted by Gasteiger charge is 2.27. The highest BCUT2D eigenvalue weighted by atomic mass is 32.2. The third-order valence-electron chi connectivity index (χ3n) is 3.60. The number of hydrogen-bond acceptors (Lipinski definition) is 5. The molecular weight excluding hydrogens is 288 g/mol. The zero-order valence-electron chi connectivity index (χ0n) is 12.7. The number of likely N-dealkylation sites (N-methyl/N-ethyl adjacent to an activating group) is 1. The van der Waals surface area contributed by atoms with Gasteiger partial charge in [-0.2, -0.15) is 0 Å². The number of nitrogens with zero attached hydrogens (tertiary/aromatic N) is 2. The molecule has 1 aromatic heterocycles. The molecule has 21 heavy (non-hydrogen) atoms. The summed E-state index contributed by atoms with van der Waals surface area (Å²) in [5.41, 5.74) is 0.592. The summed E-state index contributed by atoms with van der Waals surface area (Å²) in [6, 6.07) is 2.33. The molecular formula is C14H24N4O2S. The number of pyridine rings is 1. The predicted molar refractivity (Wildman–Crippen MR) is 83.9 cm³/mol. The fraction of sp³-hybridized carbons (Fsp3) is 0.643. The summed E-state index contributed by atoms with van der Waals surface area (Å²) in [6.45, 7) is 6.83. The van der Waals surface area contributed by atoms with E-state index in [0.29, 0.717) is 24.8 Å². The van der Waals surface area contributed by atoms with E-state index in [4.69, 9.17) is 0 Å². The van der Waals surface area contributed by atoms with E-state index in [2.05, 4.69) is 26.8 Å². The van der Waals surface area contributed by atoms with Crippen LogP contribution < -0.4 is 10.0 Å². The van der Waals surface area contributed by atoms with Crippen molar-refractivity contribution in [1.82, 2.24) is 14.6 Å². The summed E-state index contributed by atoms with van der Waals surface area (Å²) in [4.78, 5) is 6.45. The van der Waals surface area contributed by atoms with Crippen LogP contribution in [0.2, 0.25) is 0 Å². The summed E-state index contributed by atoms with van der Waals surface area (Å²) >= 11 is 0. The second-order valence-corrected chi connectivity index (χ2v) is 6.90. The van der Waals surface area contributed by atoms with Crippen molar-refractivity contribution >= 4 is 15.7 Å². The molecule has 0 unspecified atom stereocenters. The lowest BCUT2D eigenvalue weighted by Crippen LogP contribution is -2.36. The third kappa shape index (κ3) is 4.39. The lowest BCUT2D eigenvalue weighted by molar-refractivity contribution is 0.282. The van der Waals surface area contributed by atoms with Crippen molar-refractivity contribution in [2.24, 2.45) is 0 Å². The van der Waals surface area contributed by atoms with Crippen LogP contribution in [0.25, 0.3) is 0 Å². The number of nitrogens with one attached hydrogen (secondary N) is 2. The quantitative estimate of drug-likeness (QED) is 0.718. The van der Waals surface area contributed by atoms with E-state index in [1.54, 1.807) is 12.3 Å². The first-order chi connectivity index (χ1) is 10.1.